The first-order valence-electron chi connectivity index (χ1n) is 10.2. The topological polar surface area (TPSA) is 77.1 Å². The molecule has 5 aromatic rings. The third-order valence-corrected chi connectivity index (χ3v) is 5.81. The van der Waals surface area contributed by atoms with E-state index in [0.29, 0.717) is 33.6 Å². The Morgan fingerprint density at radius 2 is 1.88 bits per heavy atom. The lowest BCUT2D eigenvalue weighted by Crippen LogP contribution is -2.13. The Labute approximate surface area is 199 Å². The molecule has 0 spiro atoms. The maximum absolute atomic E-state index is 13.0. The molecule has 2 aromatic carbocycles. The number of nitrogens with one attached hydrogen (secondary N) is 1. The van der Waals surface area contributed by atoms with Crippen molar-refractivity contribution in [2.45, 2.75) is 13.5 Å². The van der Waals surface area contributed by atoms with Gasteiger partial charge < -0.3 is 5.32 Å². The molecule has 9 heteroatoms. The van der Waals surface area contributed by atoms with Crippen LogP contribution in [0.2, 0.25) is 10.0 Å². The molecule has 33 heavy (non-hydrogen) atoms. The molecule has 0 aliphatic rings. The first-order valence-corrected chi connectivity index (χ1v) is 10.9. The van der Waals surface area contributed by atoms with E-state index in [2.05, 4.69) is 20.5 Å². The third kappa shape index (κ3) is 4.33. The van der Waals surface area contributed by atoms with E-state index in [1.54, 1.807) is 39.8 Å². The van der Waals surface area contributed by atoms with Crippen LogP contribution >= 0.6 is 23.2 Å². The number of fused-ring (bicyclic) bond motifs is 1. The number of carbonyl (C=O) groups is 1. The Kier molecular flexibility index (Phi) is 5.58. The number of hydrogen-bond acceptors (Lipinski definition) is 4. The van der Waals surface area contributed by atoms with Gasteiger partial charge in [-0.1, -0.05) is 59.1 Å². The highest BCUT2D eigenvalue weighted by atomic mass is 35.5. The van der Waals surface area contributed by atoms with Crippen molar-refractivity contribution in [1.82, 2.24) is 24.4 Å². The van der Waals surface area contributed by atoms with Gasteiger partial charge in [0.05, 0.1) is 18.4 Å². The van der Waals surface area contributed by atoms with Crippen LogP contribution in [0.4, 0.5) is 5.82 Å². The zero-order valence-electron chi connectivity index (χ0n) is 17.5. The van der Waals surface area contributed by atoms with Gasteiger partial charge in [0.1, 0.15) is 5.56 Å². The summed E-state index contributed by atoms with van der Waals surface area (Å²) < 4.78 is 3.36. The zero-order chi connectivity index (χ0) is 22.9. The molecule has 7 nitrogen and oxygen atoms in total. The van der Waals surface area contributed by atoms with Crippen LogP contribution in [0.15, 0.2) is 73.2 Å². The fourth-order valence-electron chi connectivity index (χ4n) is 3.52. The Morgan fingerprint density at radius 3 is 2.67 bits per heavy atom. The first kappa shape index (κ1) is 21.2. The fourth-order valence-corrected chi connectivity index (χ4v) is 3.99. The molecular weight excluding hydrogens is 459 g/mol. The van der Waals surface area contributed by atoms with Gasteiger partial charge >= 0.3 is 0 Å². The van der Waals surface area contributed by atoms with Crippen molar-refractivity contribution in [2.75, 3.05) is 5.32 Å². The van der Waals surface area contributed by atoms with Crippen molar-refractivity contribution in [3.63, 3.8) is 0 Å². The van der Waals surface area contributed by atoms with Gasteiger partial charge in [-0.3, -0.25) is 9.48 Å². The van der Waals surface area contributed by atoms with Crippen molar-refractivity contribution >= 4 is 40.6 Å². The largest absolute Gasteiger partial charge is 0.305 e. The van der Waals surface area contributed by atoms with Gasteiger partial charge in [-0.05, 0) is 30.7 Å². The molecule has 164 valence electrons. The van der Waals surface area contributed by atoms with Gasteiger partial charge in [0, 0.05) is 34.1 Å². The summed E-state index contributed by atoms with van der Waals surface area (Å²) in [6, 6.07) is 17.0. The zero-order valence-corrected chi connectivity index (χ0v) is 19.0. The van der Waals surface area contributed by atoms with E-state index in [1.165, 1.54) is 11.8 Å². The van der Waals surface area contributed by atoms with E-state index in [4.69, 9.17) is 23.2 Å². The number of benzene rings is 2. The summed E-state index contributed by atoms with van der Waals surface area (Å²) in [5.74, 6) is 0.0763. The van der Waals surface area contributed by atoms with Crippen LogP contribution in [0.1, 0.15) is 21.5 Å². The molecule has 0 saturated heterocycles. The molecule has 5 rings (SSSR count). The Hall–Kier alpha value is -3.68. The number of aromatic nitrogens is 5. The van der Waals surface area contributed by atoms with E-state index in [1.807, 2.05) is 43.3 Å². The van der Waals surface area contributed by atoms with Gasteiger partial charge in [-0.2, -0.15) is 10.2 Å². The minimum absolute atomic E-state index is 0.340. The lowest BCUT2D eigenvalue weighted by Gasteiger charge is -2.06. The second kappa shape index (κ2) is 8.69. The van der Waals surface area contributed by atoms with Crippen LogP contribution in [0.3, 0.4) is 0 Å². The van der Waals surface area contributed by atoms with E-state index in [0.717, 1.165) is 16.8 Å². The van der Waals surface area contributed by atoms with Crippen molar-refractivity contribution in [2.24, 2.45) is 0 Å². The van der Waals surface area contributed by atoms with Gasteiger partial charge in [-0.15, -0.1) is 0 Å². The smallest absolute Gasteiger partial charge is 0.262 e. The maximum Gasteiger partial charge on any atom is 0.262 e. The molecule has 1 amide bonds. The number of aryl methyl sites for hydroxylation is 1. The van der Waals surface area contributed by atoms with Crippen LogP contribution < -0.4 is 5.32 Å². The number of hydrogen-bond donors (Lipinski definition) is 1. The summed E-state index contributed by atoms with van der Waals surface area (Å²) in [4.78, 5) is 17.3. The van der Waals surface area contributed by atoms with Crippen molar-refractivity contribution in [3.8, 4) is 11.3 Å². The first-order chi connectivity index (χ1) is 16.0. The average molecular weight is 477 g/mol. The molecule has 1 N–H and O–H groups in total. The second-order valence-electron chi connectivity index (χ2n) is 7.58. The Balaban J connectivity index is 1.37. The molecule has 3 heterocycles. The summed E-state index contributed by atoms with van der Waals surface area (Å²) in [7, 11) is 0. The number of nitrogens with zero attached hydrogens (tertiary/aromatic N) is 5. The fraction of sp³-hybridized carbons (Fsp3) is 0.0833. The predicted octanol–water partition coefficient (Wildman–Crippen LogP) is 5.51. The summed E-state index contributed by atoms with van der Waals surface area (Å²) >= 11 is 12.2. The molecule has 0 aliphatic heterocycles. The SMILES string of the molecule is Cc1ccc(-c2ccnc3c(C(=O)Nc4ccn(Cc5ccc(Cl)cc5Cl)n4)cnn23)cc1. The average Bonchev–Trinajstić information content (AvgIpc) is 3.43. The van der Waals surface area contributed by atoms with Crippen LogP contribution in [-0.2, 0) is 6.54 Å². The monoisotopic (exact) mass is 476 g/mol. The summed E-state index contributed by atoms with van der Waals surface area (Å²) in [5.41, 5.74) is 4.71. The highest BCUT2D eigenvalue weighted by molar-refractivity contribution is 6.35. The van der Waals surface area contributed by atoms with Gasteiger partial charge in [0.2, 0.25) is 0 Å². The molecule has 0 bridgehead atoms. The second-order valence-corrected chi connectivity index (χ2v) is 8.42. The Morgan fingerprint density at radius 1 is 1.06 bits per heavy atom. The molecular formula is C24H18Cl2N6O. The standard InChI is InChI=1S/C24H18Cl2N6O/c1-15-2-4-16(5-3-15)21-8-10-27-23-19(13-28-32(21)23)24(33)29-22-9-11-31(30-22)14-17-6-7-18(25)12-20(17)26/h2-13H,14H2,1H3,(H,29,30,33). The number of carbonyl (C=O) groups excluding carboxylic acids is 1. The van der Waals surface area contributed by atoms with Crippen LogP contribution in [0.5, 0.6) is 0 Å². The van der Waals surface area contributed by atoms with Crippen molar-refractivity contribution in [3.05, 3.63) is 99.9 Å². The molecule has 0 fully saturated rings. The summed E-state index contributed by atoms with van der Waals surface area (Å²) in [5, 5.41) is 12.8. The van der Waals surface area contributed by atoms with Crippen LogP contribution in [0, 0.1) is 6.92 Å². The molecule has 3 aromatic heterocycles. The quantitative estimate of drug-likeness (QED) is 0.362. The minimum atomic E-state index is -0.340. The third-order valence-electron chi connectivity index (χ3n) is 5.22. The van der Waals surface area contributed by atoms with Gasteiger partial charge in [-0.25, -0.2) is 9.50 Å². The number of anilines is 1. The van der Waals surface area contributed by atoms with E-state index >= 15 is 0 Å². The van der Waals surface area contributed by atoms with Crippen LogP contribution in [-0.4, -0.2) is 30.3 Å². The normalized spacial score (nSPS) is 11.1. The summed E-state index contributed by atoms with van der Waals surface area (Å²) in [6.07, 6.45) is 4.96. The molecule has 0 unspecified atom stereocenters. The van der Waals surface area contributed by atoms with E-state index < -0.39 is 0 Å². The molecule has 0 aliphatic carbocycles. The van der Waals surface area contributed by atoms with Crippen molar-refractivity contribution < 1.29 is 4.79 Å². The molecule has 0 atom stereocenters. The number of halogens is 2. The lowest BCUT2D eigenvalue weighted by atomic mass is 10.1. The maximum atomic E-state index is 13.0. The minimum Gasteiger partial charge on any atom is -0.305 e. The van der Waals surface area contributed by atoms with E-state index in [-0.39, 0.29) is 5.91 Å². The van der Waals surface area contributed by atoms with Gasteiger partial charge in [0.25, 0.3) is 5.91 Å². The van der Waals surface area contributed by atoms with Gasteiger partial charge in [0.15, 0.2) is 11.5 Å². The lowest BCUT2D eigenvalue weighted by molar-refractivity contribution is 0.102. The molecule has 0 radical (unpaired) electrons. The Bertz CT molecular complexity index is 1470. The molecule has 0 saturated carbocycles. The van der Waals surface area contributed by atoms with Crippen LogP contribution in [0.25, 0.3) is 16.9 Å². The number of amides is 1. The number of rotatable bonds is 5. The highest BCUT2D eigenvalue weighted by Gasteiger charge is 2.17. The predicted molar refractivity (Wildman–Crippen MR) is 129 cm³/mol. The van der Waals surface area contributed by atoms with E-state index in [9.17, 15) is 4.79 Å². The van der Waals surface area contributed by atoms with Crippen molar-refractivity contribution in [1.29, 1.82) is 0 Å². The highest BCUT2D eigenvalue weighted by Crippen LogP contribution is 2.23. The summed E-state index contributed by atoms with van der Waals surface area (Å²) in [6.45, 7) is 2.48.